The topological polar surface area (TPSA) is 30.8 Å². The molecule has 0 N–H and O–H groups in total. The van der Waals surface area contributed by atoms with E-state index in [1.165, 1.54) is 11.1 Å². The fourth-order valence-corrected chi connectivity index (χ4v) is 2.43. The van der Waals surface area contributed by atoms with E-state index in [9.17, 15) is 0 Å². The molecule has 0 heterocycles. The van der Waals surface area contributed by atoms with Gasteiger partial charge in [-0.2, -0.15) is 0 Å². The second-order valence-electron chi connectivity index (χ2n) is 5.90. The van der Waals surface area contributed by atoms with E-state index in [-0.39, 0.29) is 6.10 Å². The maximum atomic E-state index is 6.38. The monoisotopic (exact) mass is 345 g/mol. The molecule has 0 amide bonds. The molecule has 0 unspecified atom stereocenters. The molecule has 24 heavy (non-hydrogen) atoms. The Balaban J connectivity index is 2.29. The van der Waals surface area contributed by atoms with Crippen LogP contribution in [0.15, 0.2) is 35.3 Å². The first-order valence-electron chi connectivity index (χ1n) is 8.10. The van der Waals surface area contributed by atoms with Gasteiger partial charge in [0.2, 0.25) is 0 Å². The highest BCUT2D eigenvalue weighted by Gasteiger charge is 2.13. The van der Waals surface area contributed by atoms with Crippen LogP contribution in [0, 0.1) is 13.8 Å². The number of hydrogen-bond acceptors (Lipinski definition) is 3. The standard InChI is InChI=1S/C20H24ClNO2/c1-6-15(4)24-20-18(21)10-16(11-19(20)23-5)12-22-17-8-7-13(2)14(3)9-17/h7-12,15H,6H2,1-5H3/t15-/m0/s1. The van der Waals surface area contributed by atoms with E-state index in [0.717, 1.165) is 17.7 Å². The maximum Gasteiger partial charge on any atom is 0.180 e. The Hall–Kier alpha value is -2.00. The van der Waals surface area contributed by atoms with Crippen molar-refractivity contribution in [1.29, 1.82) is 0 Å². The molecule has 128 valence electrons. The maximum absolute atomic E-state index is 6.38. The lowest BCUT2D eigenvalue weighted by Crippen LogP contribution is -2.11. The van der Waals surface area contributed by atoms with Crippen LogP contribution in [-0.4, -0.2) is 19.4 Å². The SMILES string of the molecule is CC[C@H](C)Oc1c(Cl)cc(C=Nc2ccc(C)c(C)c2)cc1OC. The highest BCUT2D eigenvalue weighted by molar-refractivity contribution is 6.32. The summed E-state index contributed by atoms with van der Waals surface area (Å²) >= 11 is 6.38. The molecule has 0 saturated heterocycles. The summed E-state index contributed by atoms with van der Waals surface area (Å²) in [6.45, 7) is 8.24. The Morgan fingerprint density at radius 2 is 1.92 bits per heavy atom. The van der Waals surface area contributed by atoms with Gasteiger partial charge in [-0.25, -0.2) is 0 Å². The predicted molar refractivity (Wildman–Crippen MR) is 102 cm³/mol. The lowest BCUT2D eigenvalue weighted by atomic mass is 10.1. The van der Waals surface area contributed by atoms with Crippen molar-refractivity contribution in [2.75, 3.05) is 7.11 Å². The molecule has 2 aromatic rings. The molecule has 0 aliphatic rings. The molecule has 0 fully saturated rings. The van der Waals surface area contributed by atoms with E-state index >= 15 is 0 Å². The fourth-order valence-electron chi connectivity index (χ4n) is 2.17. The molecule has 0 aliphatic heterocycles. The quantitative estimate of drug-likeness (QED) is 0.611. The highest BCUT2D eigenvalue weighted by Crippen LogP contribution is 2.37. The van der Waals surface area contributed by atoms with Gasteiger partial charge in [0.15, 0.2) is 11.5 Å². The third-order valence-corrected chi connectivity index (χ3v) is 4.28. The average molecular weight is 346 g/mol. The zero-order chi connectivity index (χ0) is 17.7. The molecular weight excluding hydrogens is 322 g/mol. The largest absolute Gasteiger partial charge is 0.493 e. The van der Waals surface area contributed by atoms with Crippen LogP contribution in [0.5, 0.6) is 11.5 Å². The number of rotatable bonds is 6. The number of aryl methyl sites for hydroxylation is 2. The minimum Gasteiger partial charge on any atom is -0.493 e. The molecule has 2 rings (SSSR count). The van der Waals surface area contributed by atoms with Gasteiger partial charge >= 0.3 is 0 Å². The Morgan fingerprint density at radius 1 is 1.17 bits per heavy atom. The first kappa shape index (κ1) is 18.3. The molecule has 0 aliphatic carbocycles. The van der Waals surface area contributed by atoms with Crippen LogP contribution >= 0.6 is 11.6 Å². The summed E-state index contributed by atoms with van der Waals surface area (Å²) in [4.78, 5) is 4.52. The van der Waals surface area contributed by atoms with Crippen LogP contribution in [0.2, 0.25) is 5.02 Å². The van der Waals surface area contributed by atoms with Crippen molar-refractivity contribution in [2.24, 2.45) is 4.99 Å². The first-order chi connectivity index (χ1) is 11.4. The van der Waals surface area contributed by atoms with Crippen molar-refractivity contribution in [3.63, 3.8) is 0 Å². The fraction of sp³-hybridized carbons (Fsp3) is 0.350. The van der Waals surface area contributed by atoms with Crippen LogP contribution in [0.25, 0.3) is 0 Å². The zero-order valence-electron chi connectivity index (χ0n) is 14.9. The Labute approximate surface area is 149 Å². The average Bonchev–Trinajstić information content (AvgIpc) is 2.57. The van der Waals surface area contributed by atoms with Gasteiger partial charge in [0.25, 0.3) is 0 Å². The molecular formula is C20H24ClNO2. The molecule has 0 radical (unpaired) electrons. The van der Waals surface area contributed by atoms with E-state index in [4.69, 9.17) is 21.1 Å². The minimum atomic E-state index is 0.0754. The molecule has 3 nitrogen and oxygen atoms in total. The van der Waals surface area contributed by atoms with Gasteiger partial charge in [0.05, 0.1) is 23.9 Å². The van der Waals surface area contributed by atoms with Gasteiger partial charge < -0.3 is 9.47 Å². The van der Waals surface area contributed by atoms with E-state index in [2.05, 4.69) is 37.9 Å². The van der Waals surface area contributed by atoms with Gasteiger partial charge in [-0.3, -0.25) is 4.99 Å². The summed E-state index contributed by atoms with van der Waals surface area (Å²) in [5.41, 5.74) is 4.25. The van der Waals surface area contributed by atoms with Crippen LogP contribution in [0.4, 0.5) is 5.69 Å². The summed E-state index contributed by atoms with van der Waals surface area (Å²) in [5.74, 6) is 1.20. The summed E-state index contributed by atoms with van der Waals surface area (Å²) < 4.78 is 11.3. The smallest absolute Gasteiger partial charge is 0.180 e. The van der Waals surface area contributed by atoms with Gasteiger partial charge in [0, 0.05) is 6.21 Å². The Kier molecular flexibility index (Phi) is 6.27. The summed E-state index contributed by atoms with van der Waals surface area (Å²) in [6, 6.07) is 9.85. The Morgan fingerprint density at radius 3 is 2.54 bits per heavy atom. The molecule has 0 spiro atoms. The van der Waals surface area contributed by atoms with Gasteiger partial charge in [-0.1, -0.05) is 24.6 Å². The van der Waals surface area contributed by atoms with Crippen LogP contribution < -0.4 is 9.47 Å². The van der Waals surface area contributed by atoms with Gasteiger partial charge in [-0.15, -0.1) is 0 Å². The van der Waals surface area contributed by atoms with Crippen molar-refractivity contribution >= 4 is 23.5 Å². The lowest BCUT2D eigenvalue weighted by molar-refractivity contribution is 0.208. The van der Waals surface area contributed by atoms with Crippen LogP contribution in [-0.2, 0) is 0 Å². The molecule has 4 heteroatoms. The molecule has 0 bridgehead atoms. The van der Waals surface area contributed by atoms with Crippen LogP contribution in [0.3, 0.4) is 0 Å². The van der Waals surface area contributed by atoms with E-state index in [1.54, 1.807) is 13.3 Å². The van der Waals surface area contributed by atoms with Crippen molar-refractivity contribution in [3.8, 4) is 11.5 Å². The normalized spacial score (nSPS) is 12.4. The second kappa shape index (κ2) is 8.20. The number of methoxy groups -OCH3 is 1. The van der Waals surface area contributed by atoms with Crippen molar-refractivity contribution in [3.05, 3.63) is 52.0 Å². The molecule has 1 atom stereocenters. The molecule has 0 saturated carbocycles. The van der Waals surface area contributed by atoms with E-state index < -0.39 is 0 Å². The number of halogens is 1. The predicted octanol–water partition coefficient (Wildman–Crippen LogP) is 5.89. The summed E-state index contributed by atoms with van der Waals surface area (Å²) in [5, 5.41) is 0.524. The van der Waals surface area contributed by atoms with E-state index in [0.29, 0.717) is 16.5 Å². The summed E-state index contributed by atoms with van der Waals surface area (Å²) in [6.07, 6.45) is 2.76. The van der Waals surface area contributed by atoms with Crippen molar-refractivity contribution in [1.82, 2.24) is 0 Å². The van der Waals surface area contributed by atoms with Crippen molar-refractivity contribution in [2.45, 2.75) is 40.2 Å². The number of nitrogens with zero attached hydrogens (tertiary/aromatic N) is 1. The molecule has 0 aromatic heterocycles. The van der Waals surface area contributed by atoms with Crippen molar-refractivity contribution < 1.29 is 9.47 Å². The zero-order valence-corrected chi connectivity index (χ0v) is 15.6. The number of aliphatic imine (C=N–C) groups is 1. The van der Waals surface area contributed by atoms with Gasteiger partial charge in [0.1, 0.15) is 0 Å². The second-order valence-corrected chi connectivity index (χ2v) is 6.30. The van der Waals surface area contributed by atoms with Gasteiger partial charge in [-0.05, 0) is 68.1 Å². The molecule has 2 aromatic carbocycles. The number of benzene rings is 2. The number of ether oxygens (including phenoxy) is 2. The Bertz CT molecular complexity index is 741. The number of hydrogen-bond donors (Lipinski definition) is 0. The van der Waals surface area contributed by atoms with E-state index in [1.807, 2.05) is 25.1 Å². The van der Waals surface area contributed by atoms with Crippen LogP contribution in [0.1, 0.15) is 37.0 Å². The summed E-state index contributed by atoms with van der Waals surface area (Å²) in [7, 11) is 1.61. The first-order valence-corrected chi connectivity index (χ1v) is 8.48. The lowest BCUT2D eigenvalue weighted by Gasteiger charge is -2.17. The third kappa shape index (κ3) is 4.51. The minimum absolute atomic E-state index is 0.0754. The highest BCUT2D eigenvalue weighted by atomic mass is 35.5. The third-order valence-electron chi connectivity index (χ3n) is 4.00.